The van der Waals surface area contributed by atoms with Crippen molar-refractivity contribution < 1.29 is 13.9 Å². The lowest BCUT2D eigenvalue weighted by Crippen LogP contribution is -2.05. The molecule has 0 spiro atoms. The van der Waals surface area contributed by atoms with Gasteiger partial charge in [-0.2, -0.15) is 0 Å². The average molecular weight is 327 g/mol. The standard InChI is InChI=1S/C15H13BrF2O/c1-9-5-6-12(16)11(7-9)14(19)8-10-3-2-4-13(17)15(10)18/h2-7,14,19H,8H2,1H3. The van der Waals surface area contributed by atoms with Crippen LogP contribution in [0.4, 0.5) is 8.78 Å². The summed E-state index contributed by atoms with van der Waals surface area (Å²) < 4.78 is 27.4. The number of hydrogen-bond donors (Lipinski definition) is 1. The normalized spacial score (nSPS) is 12.5. The van der Waals surface area contributed by atoms with Crippen LogP contribution >= 0.6 is 15.9 Å². The second-order valence-electron chi connectivity index (χ2n) is 4.46. The number of benzene rings is 2. The van der Waals surface area contributed by atoms with E-state index in [1.807, 2.05) is 25.1 Å². The Morgan fingerprint density at radius 2 is 1.95 bits per heavy atom. The van der Waals surface area contributed by atoms with Gasteiger partial charge in [0.2, 0.25) is 0 Å². The molecule has 1 atom stereocenters. The summed E-state index contributed by atoms with van der Waals surface area (Å²) in [5.41, 5.74) is 1.83. The number of halogens is 3. The Morgan fingerprint density at radius 3 is 2.68 bits per heavy atom. The van der Waals surface area contributed by atoms with Gasteiger partial charge >= 0.3 is 0 Å². The van der Waals surface area contributed by atoms with Crippen LogP contribution in [-0.2, 0) is 6.42 Å². The third-order valence-corrected chi connectivity index (χ3v) is 3.68. The minimum absolute atomic E-state index is 0.0334. The van der Waals surface area contributed by atoms with Crippen LogP contribution < -0.4 is 0 Å². The summed E-state index contributed by atoms with van der Waals surface area (Å²) in [6.07, 6.45) is -0.850. The summed E-state index contributed by atoms with van der Waals surface area (Å²) in [6.45, 7) is 1.91. The minimum Gasteiger partial charge on any atom is -0.388 e. The maximum atomic E-state index is 13.6. The van der Waals surface area contributed by atoms with Crippen LogP contribution in [0.2, 0.25) is 0 Å². The molecule has 0 saturated heterocycles. The van der Waals surface area contributed by atoms with Crippen molar-refractivity contribution in [1.82, 2.24) is 0 Å². The van der Waals surface area contributed by atoms with E-state index in [1.165, 1.54) is 12.1 Å². The lowest BCUT2D eigenvalue weighted by Gasteiger charge is -2.14. The van der Waals surface area contributed by atoms with E-state index in [-0.39, 0.29) is 12.0 Å². The quantitative estimate of drug-likeness (QED) is 0.891. The highest BCUT2D eigenvalue weighted by molar-refractivity contribution is 9.10. The first-order chi connectivity index (χ1) is 8.99. The van der Waals surface area contributed by atoms with Gasteiger partial charge in [0.1, 0.15) is 0 Å². The van der Waals surface area contributed by atoms with Crippen LogP contribution in [0, 0.1) is 18.6 Å². The molecule has 0 aromatic heterocycles. The number of rotatable bonds is 3. The number of aliphatic hydroxyl groups excluding tert-OH is 1. The molecule has 2 aromatic carbocycles. The van der Waals surface area contributed by atoms with E-state index in [2.05, 4.69) is 15.9 Å². The number of aryl methyl sites for hydroxylation is 1. The van der Waals surface area contributed by atoms with E-state index in [9.17, 15) is 13.9 Å². The van der Waals surface area contributed by atoms with Gasteiger partial charge in [0.25, 0.3) is 0 Å². The number of aliphatic hydroxyl groups is 1. The van der Waals surface area contributed by atoms with Crippen molar-refractivity contribution in [2.75, 3.05) is 0 Å². The monoisotopic (exact) mass is 326 g/mol. The van der Waals surface area contributed by atoms with Gasteiger partial charge in [0.05, 0.1) is 6.10 Å². The van der Waals surface area contributed by atoms with Crippen LogP contribution in [0.5, 0.6) is 0 Å². The molecule has 1 unspecified atom stereocenters. The highest BCUT2D eigenvalue weighted by Crippen LogP contribution is 2.28. The fourth-order valence-electron chi connectivity index (χ4n) is 1.94. The van der Waals surface area contributed by atoms with Gasteiger partial charge in [0.15, 0.2) is 11.6 Å². The van der Waals surface area contributed by atoms with E-state index in [0.29, 0.717) is 5.56 Å². The zero-order chi connectivity index (χ0) is 14.0. The molecule has 100 valence electrons. The molecule has 4 heteroatoms. The maximum absolute atomic E-state index is 13.6. The SMILES string of the molecule is Cc1ccc(Br)c(C(O)Cc2cccc(F)c2F)c1. The predicted octanol–water partition coefficient (Wildman–Crippen LogP) is 4.31. The zero-order valence-electron chi connectivity index (χ0n) is 10.3. The van der Waals surface area contributed by atoms with Gasteiger partial charge in [-0.25, -0.2) is 8.78 Å². The van der Waals surface area contributed by atoms with Gasteiger partial charge in [-0.15, -0.1) is 0 Å². The highest BCUT2D eigenvalue weighted by Gasteiger charge is 2.16. The van der Waals surface area contributed by atoms with E-state index in [4.69, 9.17) is 0 Å². The molecule has 0 bridgehead atoms. The summed E-state index contributed by atoms with van der Waals surface area (Å²) in [7, 11) is 0. The van der Waals surface area contributed by atoms with E-state index >= 15 is 0 Å². The molecule has 0 fully saturated rings. The first kappa shape index (κ1) is 14.2. The topological polar surface area (TPSA) is 20.2 Å². The summed E-state index contributed by atoms with van der Waals surface area (Å²) >= 11 is 3.35. The highest BCUT2D eigenvalue weighted by atomic mass is 79.9. The van der Waals surface area contributed by atoms with Gasteiger partial charge < -0.3 is 5.11 Å². The van der Waals surface area contributed by atoms with Crippen molar-refractivity contribution in [3.8, 4) is 0 Å². The molecule has 1 N–H and O–H groups in total. The molecule has 1 nitrogen and oxygen atoms in total. The first-order valence-corrected chi connectivity index (χ1v) is 6.65. The fourth-order valence-corrected chi connectivity index (χ4v) is 2.45. The Bertz CT molecular complexity index is 599. The molecule has 2 aromatic rings. The van der Waals surface area contributed by atoms with Crippen LogP contribution in [0.3, 0.4) is 0 Å². The zero-order valence-corrected chi connectivity index (χ0v) is 11.9. The summed E-state index contributed by atoms with van der Waals surface area (Å²) in [4.78, 5) is 0. The number of hydrogen-bond acceptors (Lipinski definition) is 1. The minimum atomic E-state index is -0.898. The first-order valence-electron chi connectivity index (χ1n) is 5.86. The van der Waals surface area contributed by atoms with Crippen LogP contribution in [0.25, 0.3) is 0 Å². The molecule has 0 amide bonds. The molecule has 0 aliphatic heterocycles. The molecule has 2 rings (SSSR count). The molecular weight excluding hydrogens is 314 g/mol. The Kier molecular flexibility index (Phi) is 4.32. The Labute approximate surface area is 119 Å². The third-order valence-electron chi connectivity index (χ3n) is 2.96. The van der Waals surface area contributed by atoms with Crippen molar-refractivity contribution in [2.24, 2.45) is 0 Å². The predicted molar refractivity (Wildman–Crippen MR) is 73.9 cm³/mol. The maximum Gasteiger partial charge on any atom is 0.162 e. The second kappa shape index (κ2) is 5.80. The van der Waals surface area contributed by atoms with Crippen molar-refractivity contribution >= 4 is 15.9 Å². The molecular formula is C15H13BrF2O. The van der Waals surface area contributed by atoms with Gasteiger partial charge in [0, 0.05) is 10.9 Å². The van der Waals surface area contributed by atoms with Crippen LogP contribution in [-0.4, -0.2) is 5.11 Å². The lowest BCUT2D eigenvalue weighted by molar-refractivity contribution is 0.176. The van der Waals surface area contributed by atoms with Crippen molar-refractivity contribution in [3.63, 3.8) is 0 Å². The van der Waals surface area contributed by atoms with E-state index < -0.39 is 17.7 Å². The van der Waals surface area contributed by atoms with Crippen molar-refractivity contribution in [3.05, 3.63) is 69.2 Å². The Morgan fingerprint density at radius 1 is 1.21 bits per heavy atom. The molecule has 0 radical (unpaired) electrons. The summed E-state index contributed by atoms with van der Waals surface area (Å²) in [6, 6.07) is 9.54. The molecule has 0 aliphatic rings. The van der Waals surface area contributed by atoms with Gasteiger partial charge in [-0.3, -0.25) is 0 Å². The lowest BCUT2D eigenvalue weighted by atomic mass is 9.99. The van der Waals surface area contributed by atoms with E-state index in [1.54, 1.807) is 0 Å². The average Bonchev–Trinajstić information content (AvgIpc) is 2.38. The van der Waals surface area contributed by atoms with Crippen molar-refractivity contribution in [2.45, 2.75) is 19.4 Å². The van der Waals surface area contributed by atoms with E-state index in [0.717, 1.165) is 16.1 Å². The van der Waals surface area contributed by atoms with Gasteiger partial charge in [-0.05, 0) is 30.2 Å². The third kappa shape index (κ3) is 3.19. The molecule has 19 heavy (non-hydrogen) atoms. The molecule has 0 heterocycles. The second-order valence-corrected chi connectivity index (χ2v) is 5.31. The van der Waals surface area contributed by atoms with Crippen molar-refractivity contribution in [1.29, 1.82) is 0 Å². The molecule has 0 saturated carbocycles. The van der Waals surface area contributed by atoms with Crippen LogP contribution in [0.15, 0.2) is 40.9 Å². The largest absolute Gasteiger partial charge is 0.388 e. The van der Waals surface area contributed by atoms with Gasteiger partial charge in [-0.1, -0.05) is 45.8 Å². The summed E-state index contributed by atoms with van der Waals surface area (Å²) in [5, 5.41) is 10.2. The molecule has 0 aliphatic carbocycles. The fraction of sp³-hybridized carbons (Fsp3) is 0.200. The Hall–Kier alpha value is -1.26. The summed E-state index contributed by atoms with van der Waals surface area (Å²) in [5.74, 6) is -1.79. The Balaban J connectivity index is 2.28. The van der Waals surface area contributed by atoms with Crippen LogP contribution in [0.1, 0.15) is 22.8 Å². The smallest absolute Gasteiger partial charge is 0.162 e.